The van der Waals surface area contributed by atoms with Gasteiger partial charge in [-0.3, -0.25) is 0 Å². The molecule has 18 heavy (non-hydrogen) atoms. The summed E-state index contributed by atoms with van der Waals surface area (Å²) < 4.78 is 25.9. The molecular weight excluding hydrogens is 256 g/mol. The van der Waals surface area contributed by atoms with Crippen LogP contribution in [0.5, 0.6) is 0 Å². The molecule has 0 aliphatic rings. The van der Waals surface area contributed by atoms with Crippen molar-refractivity contribution in [3.8, 4) is 0 Å². The third kappa shape index (κ3) is 2.68. The lowest BCUT2D eigenvalue weighted by Crippen LogP contribution is -2.18. The second kappa shape index (κ2) is 5.46. The number of benzene rings is 2. The van der Waals surface area contributed by atoms with Crippen LogP contribution in [-0.4, -0.2) is 7.05 Å². The molecule has 0 radical (unpaired) electrons. The largest absolute Gasteiger partial charge is 0.309 e. The second-order valence-electron chi connectivity index (χ2n) is 3.94. The van der Waals surface area contributed by atoms with Crippen molar-refractivity contribution in [2.24, 2.45) is 0 Å². The van der Waals surface area contributed by atoms with Gasteiger partial charge < -0.3 is 5.32 Å². The van der Waals surface area contributed by atoms with Gasteiger partial charge >= 0.3 is 0 Å². The Morgan fingerprint density at radius 1 is 1.00 bits per heavy atom. The van der Waals surface area contributed by atoms with E-state index in [9.17, 15) is 8.78 Å². The van der Waals surface area contributed by atoms with Crippen LogP contribution in [-0.2, 0) is 0 Å². The molecule has 0 bridgehead atoms. The van der Waals surface area contributed by atoms with E-state index in [1.54, 1.807) is 25.2 Å². The fourth-order valence-corrected chi connectivity index (χ4v) is 2.17. The van der Waals surface area contributed by atoms with Gasteiger partial charge in [-0.25, -0.2) is 8.78 Å². The van der Waals surface area contributed by atoms with Crippen molar-refractivity contribution >= 4 is 11.6 Å². The van der Waals surface area contributed by atoms with Crippen molar-refractivity contribution in [2.75, 3.05) is 7.05 Å². The minimum atomic E-state index is -0.377. The maximum atomic E-state index is 13.0. The summed E-state index contributed by atoms with van der Waals surface area (Å²) in [5, 5.41) is 3.43. The molecule has 0 aliphatic heterocycles. The number of halogens is 3. The van der Waals surface area contributed by atoms with Crippen LogP contribution in [0.4, 0.5) is 8.78 Å². The third-order valence-corrected chi connectivity index (χ3v) is 3.09. The number of hydrogen-bond acceptors (Lipinski definition) is 1. The van der Waals surface area contributed by atoms with Crippen molar-refractivity contribution in [3.63, 3.8) is 0 Å². The first-order valence-electron chi connectivity index (χ1n) is 5.49. The molecule has 0 heterocycles. The van der Waals surface area contributed by atoms with Gasteiger partial charge in [0, 0.05) is 5.02 Å². The van der Waals surface area contributed by atoms with Crippen LogP contribution < -0.4 is 5.32 Å². The zero-order valence-electron chi connectivity index (χ0n) is 9.75. The van der Waals surface area contributed by atoms with Crippen molar-refractivity contribution in [3.05, 3.63) is 70.2 Å². The van der Waals surface area contributed by atoms with E-state index in [1.807, 2.05) is 0 Å². The van der Waals surface area contributed by atoms with Crippen molar-refractivity contribution in [1.82, 2.24) is 5.32 Å². The molecule has 1 unspecified atom stereocenters. The molecule has 0 aromatic heterocycles. The highest BCUT2D eigenvalue weighted by molar-refractivity contribution is 6.31. The van der Waals surface area contributed by atoms with Crippen LogP contribution in [0.15, 0.2) is 42.5 Å². The van der Waals surface area contributed by atoms with Gasteiger partial charge in [-0.05, 0) is 42.4 Å². The summed E-state index contributed by atoms with van der Waals surface area (Å²) in [4.78, 5) is 0. The van der Waals surface area contributed by atoms with Crippen molar-refractivity contribution in [1.29, 1.82) is 0 Å². The first-order chi connectivity index (χ1) is 8.61. The molecule has 1 nitrogen and oxygen atoms in total. The van der Waals surface area contributed by atoms with Crippen LogP contribution in [0.2, 0.25) is 5.02 Å². The zero-order chi connectivity index (χ0) is 13.1. The molecule has 0 saturated heterocycles. The molecule has 4 heteroatoms. The zero-order valence-corrected chi connectivity index (χ0v) is 10.5. The Kier molecular flexibility index (Phi) is 3.94. The van der Waals surface area contributed by atoms with Gasteiger partial charge in [0.05, 0.1) is 6.04 Å². The molecule has 1 atom stereocenters. The van der Waals surface area contributed by atoms with Crippen LogP contribution in [0, 0.1) is 11.6 Å². The average Bonchev–Trinajstić information content (AvgIpc) is 2.35. The van der Waals surface area contributed by atoms with Crippen LogP contribution in [0.3, 0.4) is 0 Å². The Balaban J connectivity index is 2.41. The van der Waals surface area contributed by atoms with Gasteiger partial charge in [0.2, 0.25) is 0 Å². The molecule has 0 aliphatic carbocycles. The first kappa shape index (κ1) is 13.0. The summed E-state index contributed by atoms with van der Waals surface area (Å²) in [6, 6.07) is 10.2. The van der Waals surface area contributed by atoms with Crippen LogP contribution in [0.25, 0.3) is 0 Å². The first-order valence-corrected chi connectivity index (χ1v) is 5.87. The minimum Gasteiger partial charge on any atom is -0.309 e. The highest BCUT2D eigenvalue weighted by Crippen LogP contribution is 2.28. The fraction of sp³-hybridized carbons (Fsp3) is 0.143. The smallest absolute Gasteiger partial charge is 0.124 e. The Hall–Kier alpha value is -1.45. The van der Waals surface area contributed by atoms with Crippen LogP contribution in [0.1, 0.15) is 17.2 Å². The van der Waals surface area contributed by atoms with Gasteiger partial charge in [-0.2, -0.15) is 0 Å². The van der Waals surface area contributed by atoms with Crippen molar-refractivity contribution < 1.29 is 8.78 Å². The number of hydrogen-bond donors (Lipinski definition) is 1. The van der Waals surface area contributed by atoms with Gasteiger partial charge in [0.25, 0.3) is 0 Å². The summed E-state index contributed by atoms with van der Waals surface area (Å²) in [5.74, 6) is -0.670. The molecule has 2 aromatic rings. The molecule has 2 rings (SSSR count). The second-order valence-corrected chi connectivity index (χ2v) is 4.35. The number of nitrogens with one attached hydrogen (secondary N) is 1. The highest BCUT2D eigenvalue weighted by Gasteiger charge is 2.15. The molecule has 0 spiro atoms. The molecule has 0 amide bonds. The van der Waals surface area contributed by atoms with E-state index in [-0.39, 0.29) is 17.7 Å². The molecule has 0 fully saturated rings. The van der Waals surface area contributed by atoms with E-state index in [4.69, 9.17) is 11.6 Å². The maximum absolute atomic E-state index is 13.0. The summed E-state index contributed by atoms with van der Waals surface area (Å²) >= 11 is 6.03. The molecule has 94 valence electrons. The van der Waals surface area contributed by atoms with Crippen LogP contribution >= 0.6 is 11.6 Å². The lowest BCUT2D eigenvalue weighted by atomic mass is 9.99. The Labute approximate surface area is 109 Å². The standard InChI is InChI=1S/C14H12ClF2N/c1-18-14(9-2-4-10(16)5-3-9)12-7-6-11(17)8-13(12)15/h2-8,14,18H,1H3. The maximum Gasteiger partial charge on any atom is 0.124 e. The van der Waals surface area contributed by atoms with E-state index in [2.05, 4.69) is 5.32 Å². The fourth-order valence-electron chi connectivity index (χ4n) is 1.89. The van der Waals surface area contributed by atoms with Crippen molar-refractivity contribution in [2.45, 2.75) is 6.04 Å². The van der Waals surface area contributed by atoms with E-state index in [0.29, 0.717) is 5.02 Å². The predicted octanol–water partition coefficient (Wildman–Crippen LogP) is 3.93. The minimum absolute atomic E-state index is 0.196. The Morgan fingerprint density at radius 3 is 2.17 bits per heavy atom. The summed E-state index contributed by atoms with van der Waals surface area (Å²) in [5.41, 5.74) is 1.62. The van der Waals surface area contributed by atoms with E-state index in [1.165, 1.54) is 24.3 Å². The predicted molar refractivity (Wildman–Crippen MR) is 68.7 cm³/mol. The lowest BCUT2D eigenvalue weighted by molar-refractivity contribution is 0.620. The number of rotatable bonds is 3. The SMILES string of the molecule is CNC(c1ccc(F)cc1)c1ccc(F)cc1Cl. The third-order valence-electron chi connectivity index (χ3n) is 2.77. The summed E-state index contributed by atoms with van der Waals surface area (Å²) in [6.45, 7) is 0. The normalized spacial score (nSPS) is 12.4. The Morgan fingerprint density at radius 2 is 1.61 bits per heavy atom. The van der Waals surface area contributed by atoms with Gasteiger partial charge in [0.15, 0.2) is 0 Å². The summed E-state index contributed by atoms with van der Waals surface area (Å²) in [7, 11) is 1.77. The monoisotopic (exact) mass is 267 g/mol. The molecule has 1 N–H and O–H groups in total. The van der Waals surface area contributed by atoms with Gasteiger partial charge in [0.1, 0.15) is 11.6 Å². The van der Waals surface area contributed by atoms with E-state index in [0.717, 1.165) is 11.1 Å². The quantitative estimate of drug-likeness (QED) is 0.889. The van der Waals surface area contributed by atoms with Gasteiger partial charge in [-0.1, -0.05) is 29.8 Å². The van der Waals surface area contributed by atoms with E-state index < -0.39 is 0 Å². The molecule has 2 aromatic carbocycles. The van der Waals surface area contributed by atoms with E-state index >= 15 is 0 Å². The van der Waals surface area contributed by atoms with Gasteiger partial charge in [-0.15, -0.1) is 0 Å². The molecule has 0 saturated carbocycles. The molecular formula is C14H12ClF2N. The summed E-state index contributed by atoms with van der Waals surface area (Å²) in [6.07, 6.45) is 0. The lowest BCUT2D eigenvalue weighted by Gasteiger charge is -2.18. The average molecular weight is 268 g/mol. The topological polar surface area (TPSA) is 12.0 Å². The Bertz CT molecular complexity index is 540. The highest BCUT2D eigenvalue weighted by atomic mass is 35.5.